The molecule has 2 saturated heterocycles. The SMILES string of the molecule is O=C1[C@H]2[C@H](CC=C3[C@H](C4=COc5ccc(O)cc5C4)[C@]4(c5ccccc5)C(=O)N(c5cccc(Cl)c5)C(=O)[C@@H]4C[C@H]32)C(=O)N1Cc1cccs1. The van der Waals surface area contributed by atoms with E-state index in [4.69, 9.17) is 16.3 Å². The Balaban J connectivity index is 1.24. The molecule has 1 aromatic heterocycles. The number of hydrogen-bond acceptors (Lipinski definition) is 7. The number of fused-ring (bicyclic) bond motifs is 5. The first-order valence-corrected chi connectivity index (χ1v) is 18.0. The molecule has 5 aliphatic rings. The fourth-order valence-electron chi connectivity index (χ4n) is 9.34. The van der Waals surface area contributed by atoms with Gasteiger partial charge in [0.2, 0.25) is 23.6 Å². The molecule has 4 aromatic rings. The summed E-state index contributed by atoms with van der Waals surface area (Å²) in [6.07, 6.45) is 4.64. The number of hydrogen-bond donors (Lipinski definition) is 1. The normalized spacial score (nSPS) is 28.4. The van der Waals surface area contributed by atoms with Gasteiger partial charge in [-0.05, 0) is 77.7 Å². The van der Waals surface area contributed by atoms with Gasteiger partial charge in [-0.25, -0.2) is 4.90 Å². The summed E-state index contributed by atoms with van der Waals surface area (Å²) in [6, 6.07) is 24.9. The summed E-state index contributed by atoms with van der Waals surface area (Å²) in [4.78, 5) is 62.1. The van der Waals surface area contributed by atoms with Crippen molar-refractivity contribution in [2.75, 3.05) is 4.90 Å². The smallest absolute Gasteiger partial charge is 0.246 e. The third kappa shape index (κ3) is 4.42. The van der Waals surface area contributed by atoms with E-state index in [1.54, 1.807) is 48.7 Å². The van der Waals surface area contributed by atoms with E-state index in [9.17, 15) is 19.5 Å². The summed E-state index contributed by atoms with van der Waals surface area (Å²) in [6.45, 7) is 0.213. The summed E-state index contributed by atoms with van der Waals surface area (Å²) in [7, 11) is 0. The van der Waals surface area contributed by atoms with Crippen LogP contribution in [0.3, 0.4) is 0 Å². The molecule has 9 rings (SSSR count). The molecule has 250 valence electrons. The molecule has 0 radical (unpaired) electrons. The van der Waals surface area contributed by atoms with Crippen LogP contribution in [0.5, 0.6) is 11.5 Å². The van der Waals surface area contributed by atoms with E-state index in [2.05, 4.69) is 6.08 Å². The predicted molar refractivity (Wildman–Crippen MR) is 187 cm³/mol. The zero-order valence-electron chi connectivity index (χ0n) is 26.7. The number of amides is 4. The first kappa shape index (κ1) is 31.0. The number of rotatable bonds is 5. The second-order valence-electron chi connectivity index (χ2n) is 13.7. The molecule has 10 heteroatoms. The summed E-state index contributed by atoms with van der Waals surface area (Å²) in [5.74, 6) is -3.70. The van der Waals surface area contributed by atoms with Crippen molar-refractivity contribution in [2.24, 2.45) is 29.6 Å². The summed E-state index contributed by atoms with van der Waals surface area (Å²) in [5.41, 5.74) is 2.06. The number of anilines is 1. The Bertz CT molecular complexity index is 2160. The van der Waals surface area contributed by atoms with Gasteiger partial charge in [-0.15, -0.1) is 11.3 Å². The van der Waals surface area contributed by atoms with Crippen LogP contribution in [0.4, 0.5) is 5.69 Å². The molecule has 3 fully saturated rings. The number of aromatic hydroxyl groups is 1. The zero-order chi connectivity index (χ0) is 34.3. The third-order valence-corrected chi connectivity index (χ3v) is 12.4. The number of likely N-dealkylation sites (tertiary alicyclic amines) is 1. The fraction of sp³-hybridized carbons (Fsp3) is 0.250. The number of ether oxygens (including phenoxy) is 1. The molecule has 8 nitrogen and oxygen atoms in total. The first-order valence-electron chi connectivity index (χ1n) is 16.7. The molecule has 3 aromatic carbocycles. The number of allylic oxidation sites excluding steroid dienone is 3. The zero-order valence-corrected chi connectivity index (χ0v) is 28.3. The number of benzene rings is 3. The third-order valence-electron chi connectivity index (χ3n) is 11.3. The van der Waals surface area contributed by atoms with Crippen LogP contribution in [0, 0.1) is 29.6 Å². The molecule has 4 amide bonds. The monoisotopic (exact) mass is 702 g/mol. The number of nitrogens with zero attached hydrogens (tertiary/aromatic N) is 2. The number of halogens is 1. The van der Waals surface area contributed by atoms with Gasteiger partial charge < -0.3 is 9.84 Å². The van der Waals surface area contributed by atoms with Crippen molar-refractivity contribution in [3.05, 3.63) is 135 Å². The summed E-state index contributed by atoms with van der Waals surface area (Å²) < 4.78 is 6.19. The van der Waals surface area contributed by atoms with Gasteiger partial charge >= 0.3 is 0 Å². The number of carbonyl (C=O) groups excluding carboxylic acids is 4. The Morgan fingerprint density at radius 3 is 2.52 bits per heavy atom. The van der Waals surface area contributed by atoms with Crippen molar-refractivity contribution in [3.63, 3.8) is 0 Å². The minimum atomic E-state index is -1.39. The lowest BCUT2D eigenvalue weighted by molar-refractivity contribution is -0.141. The molecule has 1 saturated carbocycles. The lowest BCUT2D eigenvalue weighted by atomic mass is 9.48. The summed E-state index contributed by atoms with van der Waals surface area (Å²) >= 11 is 7.91. The number of phenolic OH excluding ortho intramolecular Hbond substituents is 1. The van der Waals surface area contributed by atoms with Crippen LogP contribution in [0.1, 0.15) is 28.8 Å². The van der Waals surface area contributed by atoms with E-state index < -0.39 is 35.0 Å². The molecule has 4 heterocycles. The Labute approximate surface area is 297 Å². The van der Waals surface area contributed by atoms with Gasteiger partial charge in [0.15, 0.2) is 0 Å². The number of phenols is 1. The molecule has 6 atom stereocenters. The highest BCUT2D eigenvalue weighted by atomic mass is 35.5. The highest BCUT2D eigenvalue weighted by Gasteiger charge is 2.70. The first-order chi connectivity index (χ1) is 24.3. The lowest BCUT2D eigenvalue weighted by Crippen LogP contribution is -2.55. The molecule has 50 heavy (non-hydrogen) atoms. The predicted octanol–water partition coefficient (Wildman–Crippen LogP) is 6.82. The number of thiophene rings is 1. The van der Waals surface area contributed by atoms with E-state index in [0.717, 1.165) is 21.6 Å². The van der Waals surface area contributed by atoms with Gasteiger partial charge in [-0.3, -0.25) is 24.1 Å². The molecule has 0 spiro atoms. The Morgan fingerprint density at radius 2 is 1.74 bits per heavy atom. The Morgan fingerprint density at radius 1 is 0.900 bits per heavy atom. The average Bonchev–Trinajstić information content (AvgIpc) is 3.79. The van der Waals surface area contributed by atoms with Gasteiger partial charge in [0.1, 0.15) is 11.5 Å². The summed E-state index contributed by atoms with van der Waals surface area (Å²) in [5, 5.41) is 12.7. The van der Waals surface area contributed by atoms with E-state index in [1.807, 2.05) is 47.8 Å². The maximum atomic E-state index is 15.4. The van der Waals surface area contributed by atoms with Gasteiger partial charge in [-0.2, -0.15) is 0 Å². The van der Waals surface area contributed by atoms with Crippen molar-refractivity contribution in [1.29, 1.82) is 0 Å². The molecule has 2 aliphatic carbocycles. The van der Waals surface area contributed by atoms with Crippen LogP contribution in [-0.4, -0.2) is 33.6 Å². The van der Waals surface area contributed by atoms with Gasteiger partial charge in [0.25, 0.3) is 0 Å². The Hall–Kier alpha value is -4.99. The molecular weight excluding hydrogens is 672 g/mol. The molecule has 3 aliphatic heterocycles. The van der Waals surface area contributed by atoms with Gasteiger partial charge in [-0.1, -0.05) is 65.7 Å². The average molecular weight is 703 g/mol. The van der Waals surface area contributed by atoms with Crippen molar-refractivity contribution in [3.8, 4) is 11.5 Å². The second kappa shape index (κ2) is 11.5. The number of imide groups is 2. The van der Waals surface area contributed by atoms with Crippen molar-refractivity contribution < 1.29 is 29.0 Å². The topological polar surface area (TPSA) is 104 Å². The van der Waals surface area contributed by atoms with Crippen LogP contribution in [0.25, 0.3) is 0 Å². The number of carbonyl (C=O) groups is 4. The highest BCUT2D eigenvalue weighted by Crippen LogP contribution is 2.63. The highest BCUT2D eigenvalue weighted by molar-refractivity contribution is 7.09. The van der Waals surface area contributed by atoms with Crippen molar-refractivity contribution in [1.82, 2.24) is 4.90 Å². The molecule has 0 unspecified atom stereocenters. The maximum absolute atomic E-state index is 15.4. The molecule has 1 N–H and O–H groups in total. The van der Waals surface area contributed by atoms with Gasteiger partial charge in [0.05, 0.1) is 41.7 Å². The van der Waals surface area contributed by atoms with E-state index in [-0.39, 0.29) is 42.3 Å². The van der Waals surface area contributed by atoms with Crippen LogP contribution < -0.4 is 9.64 Å². The van der Waals surface area contributed by atoms with Gasteiger partial charge in [0, 0.05) is 27.8 Å². The van der Waals surface area contributed by atoms with E-state index in [0.29, 0.717) is 34.9 Å². The van der Waals surface area contributed by atoms with Crippen LogP contribution in [0.2, 0.25) is 5.02 Å². The van der Waals surface area contributed by atoms with Crippen LogP contribution >= 0.6 is 22.9 Å². The Kier molecular flexibility index (Phi) is 7.16. The minimum Gasteiger partial charge on any atom is -0.508 e. The van der Waals surface area contributed by atoms with Crippen molar-refractivity contribution in [2.45, 2.75) is 31.2 Å². The second-order valence-corrected chi connectivity index (χ2v) is 15.2. The largest absolute Gasteiger partial charge is 0.508 e. The maximum Gasteiger partial charge on any atom is 0.246 e. The van der Waals surface area contributed by atoms with E-state index >= 15 is 4.79 Å². The lowest BCUT2D eigenvalue weighted by Gasteiger charge is -2.51. The quantitative estimate of drug-likeness (QED) is 0.181. The minimum absolute atomic E-state index is 0.0886. The van der Waals surface area contributed by atoms with Crippen LogP contribution in [0.15, 0.2) is 114 Å². The van der Waals surface area contributed by atoms with Crippen molar-refractivity contribution >= 4 is 52.3 Å². The fourth-order valence-corrected chi connectivity index (χ4v) is 10.2. The standard InChI is InChI=1S/C40H31ClN2O6S/c41-25-8-4-9-26(18-25)43-37(46)32-19-31-29(12-13-30-34(31)38(47)42(36(30)45)20-28-10-5-15-50-28)35(40(32,39(43)48)24-6-2-1-3-7-24)23-16-22-17-27(44)11-14-33(22)49-21-23/h1-12,14-15,17-18,21,30-32,34-35,44H,13,16,19-20H2/t30-,31+,32-,34-,35-,40+/m0/s1. The molecular formula is C40H31ClN2O6S. The van der Waals surface area contributed by atoms with E-state index in [1.165, 1.54) is 21.1 Å². The molecule has 0 bridgehead atoms. The van der Waals surface area contributed by atoms with Crippen LogP contribution in [-0.2, 0) is 37.6 Å².